The topological polar surface area (TPSA) is 109 Å². The van der Waals surface area contributed by atoms with Crippen molar-refractivity contribution in [1.29, 1.82) is 5.26 Å². The molecule has 0 unspecified atom stereocenters. The number of ether oxygens (including phenoxy) is 2. The number of hydrogen-bond acceptors (Lipinski definition) is 5. The molecule has 0 atom stereocenters. The van der Waals surface area contributed by atoms with Crippen LogP contribution < -0.4 is 14.8 Å². The molecule has 0 aromatic heterocycles. The normalized spacial score (nSPS) is 10.8. The van der Waals surface area contributed by atoms with E-state index in [4.69, 9.17) is 14.6 Å². The predicted molar refractivity (Wildman–Crippen MR) is 133 cm³/mol. The zero-order valence-electron chi connectivity index (χ0n) is 19.5. The Morgan fingerprint density at radius 2 is 1.92 bits per heavy atom. The van der Waals surface area contributed by atoms with Crippen LogP contribution in [0.25, 0.3) is 6.08 Å². The van der Waals surface area contributed by atoms with Gasteiger partial charge in [-0.3, -0.25) is 4.79 Å². The number of rotatable bonds is 10. The Morgan fingerprint density at radius 3 is 2.56 bits per heavy atom. The van der Waals surface area contributed by atoms with E-state index >= 15 is 0 Å². The smallest absolute Gasteiger partial charge is 0.335 e. The third-order valence-corrected chi connectivity index (χ3v) is 5.08. The van der Waals surface area contributed by atoms with E-state index in [0.29, 0.717) is 29.0 Å². The SMILES string of the molecule is C=CCc1cc(/C=C(/C#N)C(=O)Nc2cccc(C(=O)O)c2)cc(OC)c1OCc1ccc(F)cc1. The van der Waals surface area contributed by atoms with Crippen molar-refractivity contribution in [3.05, 3.63) is 107 Å². The average molecular weight is 486 g/mol. The van der Waals surface area contributed by atoms with Crippen molar-refractivity contribution in [2.75, 3.05) is 12.4 Å². The number of hydrogen-bond donors (Lipinski definition) is 2. The first-order valence-electron chi connectivity index (χ1n) is 10.8. The van der Waals surface area contributed by atoms with E-state index in [2.05, 4.69) is 11.9 Å². The molecular weight excluding hydrogens is 463 g/mol. The number of nitrogens with zero attached hydrogens (tertiary/aromatic N) is 1. The van der Waals surface area contributed by atoms with Gasteiger partial charge in [0, 0.05) is 11.3 Å². The highest BCUT2D eigenvalue weighted by atomic mass is 19.1. The van der Waals surface area contributed by atoms with Gasteiger partial charge in [-0.1, -0.05) is 24.3 Å². The van der Waals surface area contributed by atoms with Crippen LogP contribution in [0.2, 0.25) is 0 Å². The molecule has 0 spiro atoms. The van der Waals surface area contributed by atoms with Gasteiger partial charge in [0.15, 0.2) is 11.5 Å². The fourth-order valence-electron chi connectivity index (χ4n) is 3.37. The molecule has 0 bridgehead atoms. The number of carboxylic acids is 1. The fraction of sp³-hybridized carbons (Fsp3) is 0.107. The summed E-state index contributed by atoms with van der Waals surface area (Å²) in [5.41, 5.74) is 2.05. The molecule has 8 heteroatoms. The highest BCUT2D eigenvalue weighted by Gasteiger charge is 2.15. The quantitative estimate of drug-likeness (QED) is 0.226. The zero-order valence-corrected chi connectivity index (χ0v) is 19.5. The Kier molecular flexibility index (Phi) is 8.57. The molecule has 0 radical (unpaired) electrons. The maximum atomic E-state index is 13.2. The lowest BCUT2D eigenvalue weighted by atomic mass is 10.0. The monoisotopic (exact) mass is 486 g/mol. The van der Waals surface area contributed by atoms with Crippen molar-refractivity contribution in [1.82, 2.24) is 0 Å². The molecule has 3 aromatic carbocycles. The Balaban J connectivity index is 1.89. The van der Waals surface area contributed by atoms with Crippen LogP contribution in [0.15, 0.2) is 78.9 Å². The number of allylic oxidation sites excluding steroid dienone is 1. The number of amides is 1. The number of carboxylic acid groups (broad SMARTS) is 1. The minimum Gasteiger partial charge on any atom is -0.493 e. The summed E-state index contributed by atoms with van der Waals surface area (Å²) < 4.78 is 24.7. The van der Waals surface area contributed by atoms with Gasteiger partial charge in [0.2, 0.25) is 0 Å². The number of aromatic carboxylic acids is 1. The summed E-state index contributed by atoms with van der Waals surface area (Å²) in [7, 11) is 1.47. The van der Waals surface area contributed by atoms with E-state index in [1.165, 1.54) is 49.6 Å². The summed E-state index contributed by atoms with van der Waals surface area (Å²) in [5, 5.41) is 21.3. The molecule has 0 aliphatic rings. The highest BCUT2D eigenvalue weighted by molar-refractivity contribution is 6.10. The first kappa shape index (κ1) is 25.7. The van der Waals surface area contributed by atoms with Gasteiger partial charge in [0.25, 0.3) is 5.91 Å². The number of carbonyl (C=O) groups is 2. The molecule has 3 rings (SSSR count). The number of nitrogens with one attached hydrogen (secondary N) is 1. The van der Waals surface area contributed by atoms with Gasteiger partial charge in [-0.2, -0.15) is 5.26 Å². The third kappa shape index (κ3) is 6.58. The maximum absolute atomic E-state index is 13.2. The maximum Gasteiger partial charge on any atom is 0.335 e. The fourth-order valence-corrected chi connectivity index (χ4v) is 3.37. The molecule has 1 amide bonds. The summed E-state index contributed by atoms with van der Waals surface area (Å²) in [4.78, 5) is 23.9. The number of nitriles is 1. The molecule has 182 valence electrons. The lowest BCUT2D eigenvalue weighted by molar-refractivity contribution is -0.112. The second kappa shape index (κ2) is 12.0. The summed E-state index contributed by atoms with van der Waals surface area (Å²) in [6.45, 7) is 3.95. The standard InChI is InChI=1S/C28H23FN2O5/c1-3-5-20-12-19(14-25(35-2)26(20)36-17-18-8-10-23(29)11-9-18)13-22(16-30)27(32)31-24-7-4-6-21(15-24)28(33)34/h3-4,6-15H,1,5,17H2,2H3,(H,31,32)(H,33,34)/b22-13-. The molecule has 36 heavy (non-hydrogen) atoms. The first-order chi connectivity index (χ1) is 17.3. The van der Waals surface area contributed by atoms with Crippen molar-refractivity contribution >= 4 is 23.6 Å². The van der Waals surface area contributed by atoms with Crippen molar-refractivity contribution in [3.8, 4) is 17.6 Å². The number of anilines is 1. The molecular formula is C28H23FN2O5. The predicted octanol–water partition coefficient (Wildman–Crippen LogP) is 5.39. The summed E-state index contributed by atoms with van der Waals surface area (Å²) >= 11 is 0. The van der Waals surface area contributed by atoms with Crippen LogP contribution in [0.5, 0.6) is 11.5 Å². The van der Waals surface area contributed by atoms with Gasteiger partial charge in [0.05, 0.1) is 12.7 Å². The molecule has 0 aliphatic heterocycles. The van der Waals surface area contributed by atoms with Crippen LogP contribution in [0, 0.1) is 17.1 Å². The molecule has 0 fully saturated rings. The zero-order chi connectivity index (χ0) is 26.1. The minimum atomic E-state index is -1.13. The van der Waals surface area contributed by atoms with Gasteiger partial charge in [-0.15, -0.1) is 6.58 Å². The van der Waals surface area contributed by atoms with Crippen LogP contribution in [0.1, 0.15) is 27.0 Å². The van der Waals surface area contributed by atoms with E-state index in [-0.39, 0.29) is 29.2 Å². The lowest BCUT2D eigenvalue weighted by Crippen LogP contribution is -2.14. The minimum absolute atomic E-state index is 0.00492. The van der Waals surface area contributed by atoms with E-state index in [9.17, 15) is 19.2 Å². The molecule has 2 N–H and O–H groups in total. The van der Waals surface area contributed by atoms with Gasteiger partial charge in [0.1, 0.15) is 24.1 Å². The Morgan fingerprint density at radius 1 is 1.17 bits per heavy atom. The first-order valence-corrected chi connectivity index (χ1v) is 10.8. The van der Waals surface area contributed by atoms with Crippen LogP contribution in [0.4, 0.5) is 10.1 Å². The van der Waals surface area contributed by atoms with Crippen molar-refractivity contribution in [3.63, 3.8) is 0 Å². The van der Waals surface area contributed by atoms with Crippen molar-refractivity contribution < 1.29 is 28.6 Å². The molecule has 0 saturated heterocycles. The summed E-state index contributed by atoms with van der Waals surface area (Å²) in [5.74, 6) is -1.32. The van der Waals surface area contributed by atoms with Crippen LogP contribution in [-0.2, 0) is 17.8 Å². The van der Waals surface area contributed by atoms with E-state index in [1.807, 2.05) is 6.07 Å². The van der Waals surface area contributed by atoms with Gasteiger partial charge >= 0.3 is 5.97 Å². The Bertz CT molecular complexity index is 1360. The van der Waals surface area contributed by atoms with Crippen molar-refractivity contribution in [2.45, 2.75) is 13.0 Å². The molecule has 7 nitrogen and oxygen atoms in total. The van der Waals surface area contributed by atoms with Crippen LogP contribution in [-0.4, -0.2) is 24.1 Å². The van der Waals surface area contributed by atoms with Crippen LogP contribution in [0.3, 0.4) is 0 Å². The molecule has 0 heterocycles. The number of halogens is 1. The van der Waals surface area contributed by atoms with Gasteiger partial charge < -0.3 is 19.9 Å². The summed E-state index contributed by atoms with van der Waals surface area (Å²) in [6.07, 6.45) is 3.50. The average Bonchev–Trinajstić information content (AvgIpc) is 2.87. The van der Waals surface area contributed by atoms with E-state index in [1.54, 1.807) is 30.3 Å². The van der Waals surface area contributed by atoms with Gasteiger partial charge in [-0.05, 0) is 66.1 Å². The van der Waals surface area contributed by atoms with Crippen molar-refractivity contribution in [2.24, 2.45) is 0 Å². The Labute approximate surface area is 207 Å². The van der Waals surface area contributed by atoms with Crippen LogP contribution >= 0.6 is 0 Å². The molecule has 0 saturated carbocycles. The number of carbonyl (C=O) groups excluding carboxylic acids is 1. The largest absolute Gasteiger partial charge is 0.493 e. The number of methoxy groups -OCH3 is 1. The van der Waals surface area contributed by atoms with Gasteiger partial charge in [-0.25, -0.2) is 9.18 Å². The third-order valence-electron chi connectivity index (χ3n) is 5.08. The second-order valence-corrected chi connectivity index (χ2v) is 7.63. The lowest BCUT2D eigenvalue weighted by Gasteiger charge is -2.16. The van der Waals surface area contributed by atoms with E-state index < -0.39 is 11.9 Å². The Hall–Kier alpha value is -4.90. The van der Waals surface area contributed by atoms with E-state index in [0.717, 1.165) is 5.56 Å². The number of benzene rings is 3. The molecule has 3 aromatic rings. The second-order valence-electron chi connectivity index (χ2n) is 7.63. The highest BCUT2D eigenvalue weighted by Crippen LogP contribution is 2.35. The molecule has 0 aliphatic carbocycles. The summed E-state index contributed by atoms with van der Waals surface area (Å²) in [6, 6.07) is 16.9.